The molecule has 0 aliphatic carbocycles. The fourth-order valence-electron chi connectivity index (χ4n) is 8.88. The Labute approximate surface area is 420 Å². The number of unbranched alkanes of at least 4 members (excludes halogenated alkanes) is 1. The van der Waals surface area contributed by atoms with E-state index in [0.29, 0.717) is 55.0 Å². The van der Waals surface area contributed by atoms with Crippen LogP contribution >= 0.6 is 11.3 Å². The Morgan fingerprint density at radius 2 is 1.74 bits per heavy atom. The number of halogens is 3. The molecule has 6 aromatic rings. The second-order valence-corrected chi connectivity index (χ2v) is 21.7. The summed E-state index contributed by atoms with van der Waals surface area (Å²) in [5.74, 6) is -3.68. The number of nitrogens with zero attached hydrogens (tertiary/aromatic N) is 4. The Bertz CT molecular complexity index is 3090. The Morgan fingerprint density at radius 1 is 1.00 bits per heavy atom. The average Bonchev–Trinajstić information content (AvgIpc) is 4.18. The zero-order valence-electron chi connectivity index (χ0n) is 40.3. The number of likely N-dealkylation sites (tertiary alicyclic amines) is 1. The topological polar surface area (TPSA) is 199 Å². The molecule has 5 N–H and O–H groups in total. The maximum atomic E-state index is 15.8. The first-order valence-electron chi connectivity index (χ1n) is 23.6. The number of rotatable bonds is 19. The van der Waals surface area contributed by atoms with Crippen LogP contribution in [0.5, 0.6) is 5.75 Å². The molecule has 4 atom stereocenters. The number of aromatic nitrogens is 3. The number of carbonyl (C=O) groups is 3. The van der Waals surface area contributed by atoms with Crippen molar-refractivity contribution in [2.24, 2.45) is 5.41 Å². The summed E-state index contributed by atoms with van der Waals surface area (Å²) in [6.45, 7) is 12.3. The molecule has 3 aromatic heterocycles. The smallest absolute Gasteiger partial charge is 0.301 e. The van der Waals surface area contributed by atoms with Crippen LogP contribution in [0.3, 0.4) is 0 Å². The van der Waals surface area contributed by atoms with Gasteiger partial charge in [0.15, 0.2) is 5.82 Å². The van der Waals surface area contributed by atoms with Gasteiger partial charge in [0.1, 0.15) is 29.4 Å². The van der Waals surface area contributed by atoms with Crippen molar-refractivity contribution in [3.05, 3.63) is 131 Å². The fraction of sp³-hybridized carbons (Fsp3) is 0.365. The molecule has 0 spiro atoms. The van der Waals surface area contributed by atoms with Gasteiger partial charge in [-0.25, -0.2) is 23.1 Å². The van der Waals surface area contributed by atoms with Crippen LogP contribution in [0.25, 0.3) is 32.6 Å². The molecule has 20 heteroatoms. The number of amides is 2. The maximum Gasteiger partial charge on any atom is 0.301 e. The van der Waals surface area contributed by atoms with E-state index in [1.165, 1.54) is 6.20 Å². The molecule has 5 heterocycles. The molecule has 3 aromatic carbocycles. The number of ether oxygens (including phenoxy) is 1. The number of aromatic amines is 1. The van der Waals surface area contributed by atoms with Crippen molar-refractivity contribution in [2.45, 2.75) is 90.7 Å². The summed E-state index contributed by atoms with van der Waals surface area (Å²) in [5.41, 5.74) is 4.74. The first-order chi connectivity index (χ1) is 34.3. The summed E-state index contributed by atoms with van der Waals surface area (Å²) in [6.07, 6.45) is 2.23. The highest BCUT2D eigenvalue weighted by Crippen LogP contribution is 2.33. The summed E-state index contributed by atoms with van der Waals surface area (Å²) in [6, 6.07) is 17.2. The van der Waals surface area contributed by atoms with E-state index in [2.05, 4.69) is 44.3 Å². The van der Waals surface area contributed by atoms with Gasteiger partial charge in [0, 0.05) is 73.6 Å². The van der Waals surface area contributed by atoms with E-state index in [1.807, 2.05) is 50.1 Å². The lowest BCUT2D eigenvalue weighted by atomic mass is 9.85. The van der Waals surface area contributed by atoms with Gasteiger partial charge in [-0.3, -0.25) is 19.1 Å². The maximum absolute atomic E-state index is 15.8. The minimum atomic E-state index is -4.38. The van der Waals surface area contributed by atoms with Gasteiger partial charge in [-0.15, -0.1) is 11.3 Å². The quantitative estimate of drug-likeness (QED) is 0.0389. The van der Waals surface area contributed by atoms with Gasteiger partial charge in [0.2, 0.25) is 17.6 Å². The number of H-pyrrole nitrogens is 1. The van der Waals surface area contributed by atoms with E-state index in [4.69, 9.17) is 4.74 Å². The third-order valence-corrected chi connectivity index (χ3v) is 15.4. The van der Waals surface area contributed by atoms with Gasteiger partial charge < -0.3 is 30.4 Å². The number of hydrogen-bond acceptors (Lipinski definition) is 11. The van der Waals surface area contributed by atoms with Crippen molar-refractivity contribution >= 4 is 55.9 Å². The lowest BCUT2D eigenvalue weighted by Crippen LogP contribution is -2.56. The van der Waals surface area contributed by atoms with Crippen LogP contribution < -0.4 is 20.1 Å². The van der Waals surface area contributed by atoms with Gasteiger partial charge in [-0.2, -0.15) is 12.7 Å². The molecule has 2 amide bonds. The summed E-state index contributed by atoms with van der Waals surface area (Å²) >= 11 is 1.60. The molecule has 380 valence electrons. The number of aliphatic hydroxyl groups is 1. The molecule has 2 fully saturated rings. The standard InChI is InChI=1S/C52H57F3N8O7S2/c1-30(56-24-32-9-11-34(12-10-32)48-31(2)59-29-71-48)43-23-37(64)28-63(43)51(67)49(52(3,4)5)60-44(65)8-6-7-21-70-38-15-13-33(14-16-38)35-22-39-40(26-58-50(39)57-25-35)47(66)45-41(54)17-18-42(46(45)55)61-72(68,69)62-20-19-36(53)27-62/h9-18,22,25-26,29,36-37,43,49,56,61,64H,1,6-8,19-21,23-24,27-28H2,2-5H3,(H,57,58)(H,60,65)/t36-,37-,43+,49-/m1/s1. The molecule has 2 aliphatic heterocycles. The van der Waals surface area contributed by atoms with E-state index < -0.39 is 75.2 Å². The van der Waals surface area contributed by atoms with E-state index in [-0.39, 0.29) is 54.3 Å². The number of thiazole rings is 1. The number of fused-ring (bicyclic) bond motifs is 1. The predicted molar refractivity (Wildman–Crippen MR) is 270 cm³/mol. The number of carbonyl (C=O) groups excluding carboxylic acids is 3. The minimum Gasteiger partial charge on any atom is -0.494 e. The van der Waals surface area contributed by atoms with Crippen molar-refractivity contribution in [1.82, 2.24) is 34.8 Å². The van der Waals surface area contributed by atoms with Crippen molar-refractivity contribution in [3.63, 3.8) is 0 Å². The largest absolute Gasteiger partial charge is 0.494 e. The molecular weight excluding hydrogens is 970 g/mol. The van der Waals surface area contributed by atoms with Crippen LogP contribution in [0, 0.1) is 24.0 Å². The van der Waals surface area contributed by atoms with Gasteiger partial charge in [0.25, 0.3) is 0 Å². The first kappa shape index (κ1) is 51.7. The number of pyridine rings is 1. The molecule has 8 rings (SSSR count). The SMILES string of the molecule is C=C(NCc1ccc(-c2scnc2C)cc1)[C@@H]1C[C@@H](O)CN1C(=O)[C@@H](NC(=O)CCCCOc1ccc(-c2cnc3[nH]cc(C(=O)c4c(F)ccc(NS(=O)(=O)N5CC[C@@H](F)C5)c4F)c3c2)cc1)C(C)(C)C. The highest BCUT2D eigenvalue weighted by atomic mass is 32.2. The van der Waals surface area contributed by atoms with Crippen LogP contribution in [-0.2, 0) is 26.3 Å². The van der Waals surface area contributed by atoms with E-state index >= 15 is 8.78 Å². The number of ketones is 1. The molecule has 15 nitrogen and oxygen atoms in total. The van der Waals surface area contributed by atoms with Crippen LogP contribution in [0.1, 0.15) is 80.1 Å². The summed E-state index contributed by atoms with van der Waals surface area (Å²) in [7, 11) is -4.38. The number of nitrogens with one attached hydrogen (secondary N) is 4. The molecule has 2 aliphatic rings. The third kappa shape index (κ3) is 11.7. The zero-order chi connectivity index (χ0) is 51.5. The van der Waals surface area contributed by atoms with Crippen LogP contribution in [-0.4, -0.2) is 106 Å². The monoisotopic (exact) mass is 1030 g/mol. The highest BCUT2D eigenvalue weighted by Gasteiger charge is 2.43. The zero-order valence-corrected chi connectivity index (χ0v) is 41.9. The van der Waals surface area contributed by atoms with Gasteiger partial charge in [0.05, 0.1) is 46.1 Å². The number of β-amino-alcohol motifs (C(OH)–C–C–N with tert-alkyl or cyclic N) is 1. The summed E-state index contributed by atoms with van der Waals surface area (Å²) < 4.78 is 79.0. The second-order valence-electron chi connectivity index (χ2n) is 19.2. The lowest BCUT2D eigenvalue weighted by Gasteiger charge is -2.36. The number of aryl methyl sites for hydroxylation is 1. The molecular formula is C52H57F3N8O7S2. The van der Waals surface area contributed by atoms with E-state index in [0.717, 1.165) is 38.1 Å². The minimum absolute atomic E-state index is 0.0145. The molecule has 2 saturated heterocycles. The fourth-order valence-corrected chi connectivity index (χ4v) is 11.0. The number of anilines is 1. The normalized spacial score (nSPS) is 17.8. The number of aliphatic hydroxyl groups excluding tert-OH is 1. The van der Waals surface area contributed by atoms with Crippen molar-refractivity contribution in [3.8, 4) is 27.3 Å². The van der Waals surface area contributed by atoms with Crippen molar-refractivity contribution in [1.29, 1.82) is 0 Å². The lowest BCUT2D eigenvalue weighted by molar-refractivity contribution is -0.140. The third-order valence-electron chi connectivity index (χ3n) is 12.9. The van der Waals surface area contributed by atoms with Gasteiger partial charge >= 0.3 is 10.2 Å². The van der Waals surface area contributed by atoms with Crippen LogP contribution in [0.15, 0.2) is 96.9 Å². The number of alkyl halides is 1. The Kier molecular flexibility index (Phi) is 15.5. The highest BCUT2D eigenvalue weighted by molar-refractivity contribution is 7.90. The van der Waals surface area contributed by atoms with Crippen LogP contribution in [0.2, 0.25) is 0 Å². The summed E-state index contributed by atoms with van der Waals surface area (Å²) in [4.78, 5) is 55.5. The molecule has 0 bridgehead atoms. The number of benzene rings is 3. The Morgan fingerprint density at radius 3 is 2.42 bits per heavy atom. The Balaban J connectivity index is 0.822. The number of hydrogen-bond donors (Lipinski definition) is 5. The molecule has 0 saturated carbocycles. The second kappa shape index (κ2) is 21.6. The summed E-state index contributed by atoms with van der Waals surface area (Å²) in [5, 5.41) is 17.3. The first-order valence-corrected chi connectivity index (χ1v) is 25.9. The molecule has 72 heavy (non-hydrogen) atoms. The van der Waals surface area contributed by atoms with E-state index in [9.17, 15) is 32.3 Å². The van der Waals surface area contributed by atoms with Crippen molar-refractivity contribution in [2.75, 3.05) is 31.0 Å². The molecule has 0 radical (unpaired) electrons. The molecule has 0 unspecified atom stereocenters. The van der Waals surface area contributed by atoms with Gasteiger partial charge in [-0.05, 0) is 78.6 Å². The van der Waals surface area contributed by atoms with Crippen molar-refractivity contribution < 1.29 is 45.8 Å². The Hall–Kier alpha value is -6.61. The van der Waals surface area contributed by atoms with Crippen LogP contribution in [0.4, 0.5) is 18.9 Å². The van der Waals surface area contributed by atoms with Gasteiger partial charge in [-0.1, -0.05) is 63.7 Å². The average molecular weight is 1030 g/mol. The van der Waals surface area contributed by atoms with E-state index in [1.54, 1.807) is 52.8 Å². The predicted octanol–water partition coefficient (Wildman–Crippen LogP) is 8.22.